The minimum Gasteiger partial charge on any atom is -0.462 e. The zero-order valence-electron chi connectivity index (χ0n) is 11.2. The summed E-state index contributed by atoms with van der Waals surface area (Å²) in [6.07, 6.45) is 1.41. The van der Waals surface area contributed by atoms with Gasteiger partial charge in [0.15, 0.2) is 0 Å². The third-order valence-corrected chi connectivity index (χ3v) is 2.51. The summed E-state index contributed by atoms with van der Waals surface area (Å²) in [4.78, 5) is 20.0. The maximum Gasteiger partial charge on any atom is 0.343 e. The van der Waals surface area contributed by atoms with E-state index in [4.69, 9.17) is 4.74 Å². The lowest BCUT2D eigenvalue weighted by molar-refractivity contribution is 0.0526. The number of anilines is 2. The van der Waals surface area contributed by atoms with E-state index in [1.165, 1.54) is 18.3 Å². The number of hydrogen-bond donors (Lipinski definition) is 1. The first-order valence-corrected chi connectivity index (χ1v) is 6.13. The monoisotopic (exact) mass is 275 g/mol. The van der Waals surface area contributed by atoms with Crippen LogP contribution in [0.4, 0.5) is 15.9 Å². The quantitative estimate of drug-likeness (QED) is 0.869. The van der Waals surface area contributed by atoms with E-state index in [9.17, 15) is 9.18 Å². The molecule has 0 saturated heterocycles. The summed E-state index contributed by atoms with van der Waals surface area (Å²) >= 11 is 0. The summed E-state index contributed by atoms with van der Waals surface area (Å²) in [5.41, 5.74) is 0.858. The van der Waals surface area contributed by atoms with Crippen molar-refractivity contribution in [3.8, 4) is 0 Å². The van der Waals surface area contributed by atoms with Crippen LogP contribution in [0.25, 0.3) is 0 Å². The fraction of sp³-hybridized carbons (Fsp3) is 0.214. The van der Waals surface area contributed by atoms with Gasteiger partial charge in [0, 0.05) is 11.9 Å². The average Bonchev–Trinajstić information content (AvgIpc) is 2.42. The van der Waals surface area contributed by atoms with Crippen LogP contribution in [0.5, 0.6) is 0 Å². The van der Waals surface area contributed by atoms with Crippen molar-refractivity contribution in [1.29, 1.82) is 0 Å². The molecule has 1 heterocycles. The van der Waals surface area contributed by atoms with E-state index in [2.05, 4.69) is 15.3 Å². The number of aromatic nitrogens is 2. The lowest BCUT2D eigenvalue weighted by atomic mass is 10.2. The molecule has 0 radical (unpaired) electrons. The maximum absolute atomic E-state index is 12.9. The summed E-state index contributed by atoms with van der Waals surface area (Å²) in [6.45, 7) is 3.70. The van der Waals surface area contributed by atoms with Crippen molar-refractivity contribution in [2.75, 3.05) is 11.9 Å². The largest absolute Gasteiger partial charge is 0.462 e. The minimum atomic E-state index is -0.503. The summed E-state index contributed by atoms with van der Waals surface area (Å²) in [5, 5.41) is 2.96. The number of rotatable bonds is 4. The number of hydrogen-bond acceptors (Lipinski definition) is 5. The highest BCUT2D eigenvalue weighted by Gasteiger charge is 2.15. The number of nitrogens with one attached hydrogen (secondary N) is 1. The van der Waals surface area contributed by atoms with Gasteiger partial charge >= 0.3 is 5.97 Å². The Labute approximate surface area is 115 Å². The number of esters is 1. The molecule has 2 aromatic rings. The Balaban J connectivity index is 2.31. The third-order valence-electron chi connectivity index (χ3n) is 2.51. The predicted octanol–water partition coefficient (Wildman–Crippen LogP) is 2.84. The molecule has 1 aromatic heterocycles. The molecule has 0 aliphatic rings. The Morgan fingerprint density at radius 3 is 2.70 bits per heavy atom. The first-order chi connectivity index (χ1) is 9.60. The molecule has 104 valence electrons. The van der Waals surface area contributed by atoms with E-state index >= 15 is 0 Å². The second-order valence-corrected chi connectivity index (χ2v) is 4.03. The van der Waals surface area contributed by atoms with E-state index in [0.717, 1.165) is 0 Å². The molecular formula is C14H14FN3O2. The van der Waals surface area contributed by atoms with Gasteiger partial charge in [-0.3, -0.25) is 0 Å². The Morgan fingerprint density at radius 2 is 2.05 bits per heavy atom. The second-order valence-electron chi connectivity index (χ2n) is 4.03. The normalized spacial score (nSPS) is 10.2. The van der Waals surface area contributed by atoms with Gasteiger partial charge in [-0.05, 0) is 38.1 Å². The van der Waals surface area contributed by atoms with Crippen LogP contribution < -0.4 is 5.32 Å². The molecule has 0 unspecified atom stereocenters. The van der Waals surface area contributed by atoms with E-state index in [-0.39, 0.29) is 18.0 Å². The molecule has 2 rings (SSSR count). The fourth-order valence-electron chi connectivity index (χ4n) is 1.59. The molecule has 6 heteroatoms. The fourth-order valence-corrected chi connectivity index (χ4v) is 1.59. The van der Waals surface area contributed by atoms with Crippen LogP contribution in [0.1, 0.15) is 23.1 Å². The van der Waals surface area contributed by atoms with Crippen molar-refractivity contribution in [1.82, 2.24) is 9.97 Å². The van der Waals surface area contributed by atoms with Crippen LogP contribution in [0.2, 0.25) is 0 Å². The van der Waals surface area contributed by atoms with Crippen LogP contribution in [0.3, 0.4) is 0 Å². The molecule has 0 spiro atoms. The predicted molar refractivity (Wildman–Crippen MR) is 72.4 cm³/mol. The zero-order chi connectivity index (χ0) is 14.5. The zero-order valence-corrected chi connectivity index (χ0v) is 11.2. The SMILES string of the molecule is CCOC(=O)c1cnc(C)nc1Nc1ccc(F)cc1. The highest BCUT2D eigenvalue weighted by atomic mass is 19.1. The van der Waals surface area contributed by atoms with Crippen LogP contribution >= 0.6 is 0 Å². The summed E-state index contributed by atoms with van der Waals surface area (Å²) in [7, 11) is 0. The van der Waals surface area contributed by atoms with Crippen molar-refractivity contribution in [2.24, 2.45) is 0 Å². The Morgan fingerprint density at radius 1 is 1.35 bits per heavy atom. The lowest BCUT2D eigenvalue weighted by Crippen LogP contribution is -2.11. The van der Waals surface area contributed by atoms with Crippen LogP contribution in [-0.4, -0.2) is 22.5 Å². The number of carbonyl (C=O) groups is 1. The molecule has 20 heavy (non-hydrogen) atoms. The number of carbonyl (C=O) groups excluding carboxylic acids is 1. The van der Waals surface area contributed by atoms with E-state index < -0.39 is 5.97 Å². The van der Waals surface area contributed by atoms with E-state index in [0.29, 0.717) is 17.3 Å². The molecular weight excluding hydrogens is 261 g/mol. The number of ether oxygens (including phenoxy) is 1. The van der Waals surface area contributed by atoms with Gasteiger partial charge in [0.2, 0.25) is 0 Å². The molecule has 5 nitrogen and oxygen atoms in total. The van der Waals surface area contributed by atoms with Crippen molar-refractivity contribution in [3.05, 3.63) is 47.7 Å². The standard InChI is InChI=1S/C14H14FN3O2/c1-3-20-14(19)12-8-16-9(2)17-13(12)18-11-6-4-10(15)5-7-11/h4-8H,3H2,1-2H3,(H,16,17,18). The molecule has 0 bridgehead atoms. The lowest BCUT2D eigenvalue weighted by Gasteiger charge is -2.10. The molecule has 0 amide bonds. The van der Waals surface area contributed by atoms with Crippen LogP contribution in [0, 0.1) is 12.7 Å². The Bertz CT molecular complexity index is 614. The Kier molecular flexibility index (Phi) is 4.24. The molecule has 0 aliphatic heterocycles. The van der Waals surface area contributed by atoms with Gasteiger partial charge < -0.3 is 10.1 Å². The first-order valence-electron chi connectivity index (χ1n) is 6.13. The van der Waals surface area contributed by atoms with Crippen molar-refractivity contribution in [2.45, 2.75) is 13.8 Å². The summed E-state index contributed by atoms with van der Waals surface area (Å²) < 4.78 is 17.8. The minimum absolute atomic E-state index is 0.238. The van der Waals surface area contributed by atoms with Gasteiger partial charge in [0.1, 0.15) is 23.0 Å². The molecule has 0 aliphatic carbocycles. The Hall–Kier alpha value is -2.50. The molecule has 0 saturated carbocycles. The van der Waals surface area contributed by atoms with E-state index in [1.54, 1.807) is 26.0 Å². The van der Waals surface area contributed by atoms with Gasteiger partial charge in [-0.1, -0.05) is 0 Å². The van der Waals surface area contributed by atoms with Crippen LogP contribution in [0.15, 0.2) is 30.5 Å². The van der Waals surface area contributed by atoms with Gasteiger partial charge in [-0.15, -0.1) is 0 Å². The first kappa shape index (κ1) is 13.9. The highest BCUT2D eigenvalue weighted by molar-refractivity contribution is 5.95. The van der Waals surface area contributed by atoms with Gasteiger partial charge in [-0.2, -0.15) is 0 Å². The summed E-state index contributed by atoms with van der Waals surface area (Å²) in [5.74, 6) is 0.0161. The number of halogens is 1. The van der Waals surface area contributed by atoms with E-state index in [1.807, 2.05) is 0 Å². The molecule has 0 fully saturated rings. The van der Waals surface area contributed by atoms with Crippen molar-refractivity contribution >= 4 is 17.5 Å². The third kappa shape index (κ3) is 3.28. The van der Waals surface area contributed by atoms with Crippen molar-refractivity contribution in [3.63, 3.8) is 0 Å². The van der Waals surface area contributed by atoms with Crippen molar-refractivity contribution < 1.29 is 13.9 Å². The van der Waals surface area contributed by atoms with Gasteiger partial charge in [-0.25, -0.2) is 19.2 Å². The highest BCUT2D eigenvalue weighted by Crippen LogP contribution is 2.19. The number of benzene rings is 1. The topological polar surface area (TPSA) is 64.1 Å². The summed E-state index contributed by atoms with van der Waals surface area (Å²) in [6, 6.07) is 5.75. The second kappa shape index (κ2) is 6.10. The maximum atomic E-state index is 12.9. The van der Waals surface area contributed by atoms with Gasteiger partial charge in [0.25, 0.3) is 0 Å². The van der Waals surface area contributed by atoms with Gasteiger partial charge in [0.05, 0.1) is 6.61 Å². The number of nitrogens with zero attached hydrogens (tertiary/aromatic N) is 2. The number of aryl methyl sites for hydroxylation is 1. The molecule has 1 N–H and O–H groups in total. The molecule has 1 aromatic carbocycles. The smallest absolute Gasteiger partial charge is 0.343 e. The molecule has 0 atom stereocenters. The average molecular weight is 275 g/mol. The van der Waals surface area contributed by atoms with Crippen LogP contribution in [-0.2, 0) is 4.74 Å².